The fourth-order valence-corrected chi connectivity index (χ4v) is 3.98. The Morgan fingerprint density at radius 2 is 2.14 bits per heavy atom. The fraction of sp³-hybridized carbons (Fsp3) is 0.579. The second kappa shape index (κ2) is 7.38. The lowest BCUT2D eigenvalue weighted by Gasteiger charge is -2.27. The van der Waals surface area contributed by atoms with Gasteiger partial charge in [-0.2, -0.15) is 5.10 Å². The van der Waals surface area contributed by atoms with Crippen molar-refractivity contribution in [2.75, 3.05) is 25.6 Å². The number of ether oxygens (including phenoxy) is 1. The van der Waals surface area contributed by atoms with Gasteiger partial charge in [-0.1, -0.05) is 0 Å². The van der Waals surface area contributed by atoms with E-state index in [1.165, 1.54) is 12.8 Å². The number of carbonyl (C=O) groups is 2. The lowest BCUT2D eigenvalue weighted by atomic mass is 9.98. The Bertz CT molecular complexity index is 884. The average Bonchev–Trinajstić information content (AvgIpc) is 3.19. The molecule has 3 heterocycles. The first-order valence-electron chi connectivity index (χ1n) is 9.60. The fourth-order valence-electron chi connectivity index (χ4n) is 3.98. The first-order valence-corrected chi connectivity index (χ1v) is 9.60. The molecule has 0 aromatic carbocycles. The van der Waals surface area contributed by atoms with E-state index >= 15 is 0 Å². The van der Waals surface area contributed by atoms with E-state index in [-0.39, 0.29) is 18.2 Å². The summed E-state index contributed by atoms with van der Waals surface area (Å²) in [6.45, 7) is 0.831. The summed E-state index contributed by atoms with van der Waals surface area (Å²) in [4.78, 5) is 31.9. The number of aryl methyl sites for hydroxylation is 2. The van der Waals surface area contributed by atoms with Crippen molar-refractivity contribution in [3.8, 4) is 0 Å². The van der Waals surface area contributed by atoms with Crippen molar-refractivity contribution in [2.45, 2.75) is 31.2 Å². The molecule has 2 fully saturated rings. The predicted molar refractivity (Wildman–Crippen MR) is 101 cm³/mol. The van der Waals surface area contributed by atoms with E-state index in [0.29, 0.717) is 30.7 Å². The highest BCUT2D eigenvalue weighted by Crippen LogP contribution is 2.41. The Kier molecular flexibility index (Phi) is 4.92. The largest absolute Gasteiger partial charge is 0.383 e. The van der Waals surface area contributed by atoms with Crippen LogP contribution in [0, 0.1) is 5.92 Å². The van der Waals surface area contributed by atoms with Crippen molar-refractivity contribution >= 4 is 17.6 Å². The van der Waals surface area contributed by atoms with Crippen molar-refractivity contribution in [1.82, 2.24) is 24.2 Å². The number of likely N-dealkylation sites (tertiary alicyclic amines) is 1. The molecule has 0 bridgehead atoms. The lowest BCUT2D eigenvalue weighted by molar-refractivity contribution is -0.129. The lowest BCUT2D eigenvalue weighted by Crippen LogP contribution is -2.36. The van der Waals surface area contributed by atoms with Gasteiger partial charge in [-0.05, 0) is 12.8 Å². The van der Waals surface area contributed by atoms with Crippen molar-refractivity contribution in [2.24, 2.45) is 20.0 Å². The molecule has 2 atom stereocenters. The number of aromatic nitrogens is 4. The molecule has 1 saturated carbocycles. The van der Waals surface area contributed by atoms with Gasteiger partial charge in [-0.15, -0.1) is 0 Å². The van der Waals surface area contributed by atoms with Crippen LogP contribution in [0.15, 0.2) is 18.5 Å². The molecule has 0 spiro atoms. The van der Waals surface area contributed by atoms with Gasteiger partial charge >= 0.3 is 0 Å². The van der Waals surface area contributed by atoms with Crippen molar-refractivity contribution in [1.29, 1.82) is 0 Å². The van der Waals surface area contributed by atoms with Crippen LogP contribution in [-0.4, -0.2) is 56.3 Å². The molecule has 28 heavy (non-hydrogen) atoms. The molecule has 2 amide bonds. The second-order valence-corrected chi connectivity index (χ2v) is 7.57. The molecule has 2 aliphatic rings. The van der Waals surface area contributed by atoms with Crippen LogP contribution in [0.3, 0.4) is 0 Å². The zero-order chi connectivity index (χ0) is 19.8. The quantitative estimate of drug-likeness (QED) is 0.772. The van der Waals surface area contributed by atoms with Crippen molar-refractivity contribution in [3.05, 3.63) is 30.0 Å². The smallest absolute Gasteiger partial charge is 0.231 e. The molecule has 150 valence electrons. The van der Waals surface area contributed by atoms with Gasteiger partial charge in [0.1, 0.15) is 11.9 Å². The molecule has 1 aliphatic carbocycles. The number of anilines is 1. The zero-order valence-corrected chi connectivity index (χ0v) is 16.5. The molecule has 9 nitrogen and oxygen atoms in total. The van der Waals surface area contributed by atoms with Gasteiger partial charge in [-0.25, -0.2) is 4.98 Å². The minimum Gasteiger partial charge on any atom is -0.383 e. The van der Waals surface area contributed by atoms with Gasteiger partial charge < -0.3 is 19.5 Å². The Hall–Kier alpha value is -2.68. The van der Waals surface area contributed by atoms with Gasteiger partial charge in [-0.3, -0.25) is 14.3 Å². The van der Waals surface area contributed by atoms with Crippen molar-refractivity contribution in [3.63, 3.8) is 0 Å². The third-order valence-corrected chi connectivity index (χ3v) is 5.59. The topological polar surface area (TPSA) is 94.3 Å². The first kappa shape index (κ1) is 18.7. The summed E-state index contributed by atoms with van der Waals surface area (Å²) in [6.07, 6.45) is 5.99. The molecule has 1 saturated heterocycles. The summed E-state index contributed by atoms with van der Waals surface area (Å²) in [5.74, 6) is 0.974. The molecule has 2 aromatic heterocycles. The van der Waals surface area contributed by atoms with Crippen LogP contribution in [0.1, 0.15) is 42.7 Å². The minimum absolute atomic E-state index is 0.0649. The highest BCUT2D eigenvalue weighted by Gasteiger charge is 2.46. The number of hydrogen-bond donors (Lipinski definition) is 1. The van der Waals surface area contributed by atoms with Crippen LogP contribution < -0.4 is 5.32 Å². The summed E-state index contributed by atoms with van der Waals surface area (Å²) >= 11 is 0. The summed E-state index contributed by atoms with van der Waals surface area (Å²) in [5, 5.41) is 7.34. The highest BCUT2D eigenvalue weighted by molar-refractivity contribution is 5.97. The number of hydrogen-bond acceptors (Lipinski definition) is 5. The van der Waals surface area contributed by atoms with Crippen LogP contribution >= 0.6 is 0 Å². The molecule has 0 unspecified atom stereocenters. The van der Waals surface area contributed by atoms with Crippen LogP contribution in [0.2, 0.25) is 0 Å². The molecular weight excluding hydrogens is 360 g/mol. The highest BCUT2D eigenvalue weighted by atomic mass is 16.5. The van der Waals surface area contributed by atoms with Crippen LogP contribution in [0.25, 0.3) is 0 Å². The van der Waals surface area contributed by atoms with Gasteiger partial charge in [0.2, 0.25) is 11.8 Å². The van der Waals surface area contributed by atoms with E-state index < -0.39 is 12.0 Å². The average molecular weight is 386 g/mol. The Morgan fingerprint density at radius 3 is 2.79 bits per heavy atom. The number of nitrogens with one attached hydrogen (secondary N) is 1. The molecule has 1 N–H and O–H groups in total. The molecular formula is C19H26N6O3. The SMILES string of the molecule is COCCN1C(=O)C[C@H](C(=O)Nc2cc(C3CC3)n(C)n2)[C@H]1c1nccn1C. The summed E-state index contributed by atoms with van der Waals surface area (Å²) in [6, 6.07) is 1.51. The standard InChI is InChI=1S/C19H26N6O3/c1-23-7-6-20-18(23)17-13(10-16(26)25(17)8-9-28-3)19(27)21-15-11-14(12-4-5-12)24(2)22-15/h6-7,11-13,17H,4-5,8-10H2,1-3H3,(H,21,22,27)/t13-,17-/m0/s1. The summed E-state index contributed by atoms with van der Waals surface area (Å²) < 4.78 is 8.83. The third-order valence-electron chi connectivity index (χ3n) is 5.59. The number of rotatable bonds is 7. The van der Waals surface area contributed by atoms with Crippen LogP contribution in [0.4, 0.5) is 5.82 Å². The molecule has 9 heteroatoms. The normalized spacial score (nSPS) is 22.1. The van der Waals surface area contributed by atoms with E-state index in [2.05, 4.69) is 15.4 Å². The predicted octanol–water partition coefficient (Wildman–Crippen LogP) is 1.21. The molecule has 2 aromatic rings. The summed E-state index contributed by atoms with van der Waals surface area (Å²) in [7, 11) is 5.36. The summed E-state index contributed by atoms with van der Waals surface area (Å²) in [5.41, 5.74) is 1.14. The maximum atomic E-state index is 13.1. The Balaban J connectivity index is 1.57. The van der Waals surface area contributed by atoms with E-state index in [9.17, 15) is 9.59 Å². The second-order valence-electron chi connectivity index (χ2n) is 7.57. The van der Waals surface area contributed by atoms with E-state index in [0.717, 1.165) is 5.69 Å². The van der Waals surface area contributed by atoms with Gasteiger partial charge in [0.15, 0.2) is 5.82 Å². The van der Waals surface area contributed by atoms with Gasteiger partial charge in [0.25, 0.3) is 0 Å². The number of methoxy groups -OCH3 is 1. The maximum absolute atomic E-state index is 13.1. The van der Waals surface area contributed by atoms with Gasteiger partial charge in [0, 0.05) is 64.2 Å². The van der Waals surface area contributed by atoms with E-state index in [1.807, 2.05) is 35.6 Å². The monoisotopic (exact) mass is 386 g/mol. The minimum atomic E-state index is -0.531. The zero-order valence-electron chi connectivity index (χ0n) is 16.5. The number of carbonyl (C=O) groups excluding carboxylic acids is 2. The molecule has 4 rings (SSSR count). The third kappa shape index (κ3) is 3.42. The Labute approximate surface area is 163 Å². The molecule has 1 aliphatic heterocycles. The Morgan fingerprint density at radius 1 is 1.36 bits per heavy atom. The number of amides is 2. The van der Waals surface area contributed by atoms with Crippen LogP contribution in [-0.2, 0) is 28.4 Å². The number of imidazole rings is 1. The number of nitrogens with zero attached hydrogens (tertiary/aromatic N) is 5. The van der Waals surface area contributed by atoms with E-state index in [1.54, 1.807) is 18.2 Å². The first-order chi connectivity index (χ1) is 13.5. The van der Waals surface area contributed by atoms with Gasteiger partial charge in [0.05, 0.1) is 12.5 Å². The van der Waals surface area contributed by atoms with Crippen molar-refractivity contribution < 1.29 is 14.3 Å². The molecule has 0 radical (unpaired) electrons. The van der Waals surface area contributed by atoms with Crippen LogP contribution in [0.5, 0.6) is 0 Å². The van der Waals surface area contributed by atoms with E-state index in [4.69, 9.17) is 4.74 Å². The maximum Gasteiger partial charge on any atom is 0.231 e.